The zero-order valence-electron chi connectivity index (χ0n) is 11.1. The third-order valence-corrected chi connectivity index (χ3v) is 4.88. The Labute approximate surface area is 148 Å². The first-order valence-corrected chi connectivity index (χ1v) is 8.63. The van der Waals surface area contributed by atoms with Crippen molar-refractivity contribution < 1.29 is 18.3 Å². The van der Waals surface area contributed by atoms with Gasteiger partial charge >= 0.3 is 6.18 Å². The molecule has 0 saturated carbocycles. The molecule has 2 N–H and O–H groups in total. The summed E-state index contributed by atoms with van der Waals surface area (Å²) < 4.78 is 40.3. The van der Waals surface area contributed by atoms with Gasteiger partial charge in [0.1, 0.15) is 5.75 Å². The Morgan fingerprint density at radius 1 is 1.24 bits per heavy atom. The molecule has 1 heterocycles. The van der Waals surface area contributed by atoms with Crippen LogP contribution in [0.25, 0.3) is 0 Å². The van der Waals surface area contributed by atoms with Gasteiger partial charge in [0.05, 0.1) is 9.99 Å². The second-order valence-electron chi connectivity index (χ2n) is 4.95. The number of piperazine rings is 1. The van der Waals surface area contributed by atoms with Crippen molar-refractivity contribution in [1.82, 2.24) is 10.2 Å². The lowest BCUT2D eigenvalue weighted by molar-refractivity contribution is -0.148. The number of phenolic OH excluding ortho intramolecular Hbond substituents is 1. The van der Waals surface area contributed by atoms with E-state index in [0.717, 1.165) is 3.57 Å². The van der Waals surface area contributed by atoms with E-state index in [0.29, 0.717) is 35.3 Å². The Balaban J connectivity index is 2.38. The minimum Gasteiger partial charge on any atom is -0.506 e. The highest BCUT2D eigenvalue weighted by Crippen LogP contribution is 2.40. The van der Waals surface area contributed by atoms with Crippen LogP contribution in [0.2, 0.25) is 0 Å². The Hall–Kier alpha value is 0.190. The molecule has 1 atom stereocenters. The van der Waals surface area contributed by atoms with Gasteiger partial charge in [-0.15, -0.1) is 0 Å². The first-order chi connectivity index (χ1) is 9.78. The summed E-state index contributed by atoms with van der Waals surface area (Å²) in [6.45, 7) is 2.41. The average Bonchev–Trinajstić information content (AvgIpc) is 2.40. The molecule has 0 amide bonds. The van der Waals surface area contributed by atoms with Crippen molar-refractivity contribution in [2.75, 3.05) is 26.2 Å². The summed E-state index contributed by atoms with van der Waals surface area (Å²) in [5.41, 5.74) is 0.366. The van der Waals surface area contributed by atoms with Gasteiger partial charge < -0.3 is 10.4 Å². The minimum atomic E-state index is -4.27. The van der Waals surface area contributed by atoms with E-state index in [-0.39, 0.29) is 5.75 Å². The smallest absolute Gasteiger partial charge is 0.390 e. The zero-order chi connectivity index (χ0) is 15.6. The number of nitrogens with one attached hydrogen (secondary N) is 1. The van der Waals surface area contributed by atoms with E-state index >= 15 is 0 Å². The fraction of sp³-hybridized carbons (Fsp3) is 0.538. The van der Waals surface area contributed by atoms with Gasteiger partial charge in [-0.2, -0.15) is 13.2 Å². The van der Waals surface area contributed by atoms with Gasteiger partial charge in [0.25, 0.3) is 0 Å². The molecule has 1 aliphatic heterocycles. The van der Waals surface area contributed by atoms with E-state index in [1.807, 2.05) is 22.6 Å². The lowest BCUT2D eigenvalue weighted by Gasteiger charge is -2.36. The number of benzene rings is 1. The molecule has 1 fully saturated rings. The fourth-order valence-corrected chi connectivity index (χ4v) is 4.38. The van der Waals surface area contributed by atoms with Crippen LogP contribution in [0.5, 0.6) is 5.75 Å². The molecule has 1 aromatic rings. The molecule has 0 aromatic heterocycles. The first kappa shape index (κ1) is 17.5. The van der Waals surface area contributed by atoms with Crippen LogP contribution < -0.4 is 5.32 Å². The average molecular weight is 526 g/mol. The maximum atomic E-state index is 13.0. The fourth-order valence-electron chi connectivity index (χ4n) is 2.49. The summed E-state index contributed by atoms with van der Waals surface area (Å²) in [6.07, 6.45) is -5.22. The van der Waals surface area contributed by atoms with Crippen LogP contribution in [0.1, 0.15) is 18.0 Å². The van der Waals surface area contributed by atoms with E-state index in [1.165, 1.54) is 0 Å². The molecule has 1 aromatic carbocycles. The van der Waals surface area contributed by atoms with Crippen molar-refractivity contribution in [3.05, 3.63) is 24.8 Å². The van der Waals surface area contributed by atoms with Crippen molar-refractivity contribution in [2.24, 2.45) is 0 Å². The minimum absolute atomic E-state index is 0.0381. The van der Waals surface area contributed by atoms with E-state index in [9.17, 15) is 18.3 Å². The number of hydrogen-bond acceptors (Lipinski definition) is 3. The summed E-state index contributed by atoms with van der Waals surface area (Å²) >= 11 is 4.01. The highest BCUT2D eigenvalue weighted by atomic mass is 127. The predicted octanol–water partition coefficient (Wildman–Crippen LogP) is 3.50. The summed E-state index contributed by atoms with van der Waals surface area (Å²) in [5.74, 6) is -0.0381. The molecule has 1 saturated heterocycles. The SMILES string of the molecule is Oc1c(I)cc(I)cc1[C@H](CC(F)(F)F)N1CCNCC1. The van der Waals surface area contributed by atoms with Gasteiger partial charge in [0, 0.05) is 41.4 Å². The lowest BCUT2D eigenvalue weighted by Crippen LogP contribution is -2.46. The van der Waals surface area contributed by atoms with E-state index in [2.05, 4.69) is 27.9 Å². The van der Waals surface area contributed by atoms with E-state index in [4.69, 9.17) is 0 Å². The van der Waals surface area contributed by atoms with Crippen molar-refractivity contribution in [3.63, 3.8) is 0 Å². The normalized spacial score (nSPS) is 18.7. The van der Waals surface area contributed by atoms with Gasteiger partial charge in [0.2, 0.25) is 0 Å². The first-order valence-electron chi connectivity index (χ1n) is 6.47. The van der Waals surface area contributed by atoms with Crippen LogP contribution >= 0.6 is 45.2 Å². The maximum Gasteiger partial charge on any atom is 0.390 e. The van der Waals surface area contributed by atoms with Crippen LogP contribution in [0.4, 0.5) is 13.2 Å². The van der Waals surface area contributed by atoms with Crippen LogP contribution in [0.3, 0.4) is 0 Å². The van der Waals surface area contributed by atoms with Gasteiger partial charge in [-0.25, -0.2) is 0 Å². The van der Waals surface area contributed by atoms with Gasteiger partial charge in [-0.1, -0.05) is 0 Å². The molecule has 1 aliphatic rings. The Bertz CT molecular complexity index is 505. The monoisotopic (exact) mass is 526 g/mol. The van der Waals surface area contributed by atoms with Crippen molar-refractivity contribution in [1.29, 1.82) is 0 Å². The third-order valence-electron chi connectivity index (χ3n) is 3.43. The number of rotatable bonds is 3. The molecular formula is C13H15F3I2N2O. The van der Waals surface area contributed by atoms with E-state index < -0.39 is 18.6 Å². The number of alkyl halides is 3. The number of hydrogen-bond donors (Lipinski definition) is 2. The topological polar surface area (TPSA) is 35.5 Å². The summed E-state index contributed by atoms with van der Waals surface area (Å²) in [7, 11) is 0. The van der Waals surface area contributed by atoms with Gasteiger partial charge in [-0.3, -0.25) is 4.90 Å². The van der Waals surface area contributed by atoms with Gasteiger partial charge in [0.15, 0.2) is 0 Å². The second kappa shape index (κ2) is 7.18. The van der Waals surface area contributed by atoms with Crippen LogP contribution in [0, 0.1) is 7.14 Å². The summed E-state index contributed by atoms with van der Waals surface area (Å²) in [4.78, 5) is 1.80. The Morgan fingerprint density at radius 3 is 2.43 bits per heavy atom. The number of phenols is 1. The predicted molar refractivity (Wildman–Crippen MR) is 91.4 cm³/mol. The molecule has 0 unspecified atom stereocenters. The molecule has 118 valence electrons. The Kier molecular flexibility index (Phi) is 5.99. The molecule has 8 heteroatoms. The lowest BCUT2D eigenvalue weighted by atomic mass is 10.00. The van der Waals surface area contributed by atoms with Crippen LogP contribution in [-0.4, -0.2) is 42.4 Å². The number of halogens is 5. The third kappa shape index (κ3) is 4.83. The van der Waals surface area contributed by atoms with Gasteiger partial charge in [-0.05, 0) is 57.3 Å². The molecule has 21 heavy (non-hydrogen) atoms. The largest absolute Gasteiger partial charge is 0.506 e. The quantitative estimate of drug-likeness (QED) is 0.593. The van der Waals surface area contributed by atoms with Crippen LogP contribution in [-0.2, 0) is 0 Å². The molecule has 0 radical (unpaired) electrons. The van der Waals surface area contributed by atoms with Crippen molar-refractivity contribution >= 4 is 45.2 Å². The van der Waals surface area contributed by atoms with E-state index in [1.54, 1.807) is 17.0 Å². The molecule has 3 nitrogen and oxygen atoms in total. The van der Waals surface area contributed by atoms with Crippen molar-refractivity contribution in [2.45, 2.75) is 18.6 Å². The number of nitrogens with zero attached hydrogens (tertiary/aromatic N) is 1. The molecule has 0 spiro atoms. The standard InChI is InChI=1S/C13H15F3I2N2O/c14-13(15,16)7-11(20-3-1-19-2-4-20)9-5-8(17)6-10(18)12(9)21/h5-6,11,19,21H,1-4,7H2/t11-/m0/s1. The number of aromatic hydroxyl groups is 1. The highest BCUT2D eigenvalue weighted by Gasteiger charge is 2.37. The maximum absolute atomic E-state index is 13.0. The van der Waals surface area contributed by atoms with Crippen molar-refractivity contribution in [3.8, 4) is 5.75 Å². The molecule has 2 rings (SSSR count). The molecule has 0 bridgehead atoms. The molecular weight excluding hydrogens is 511 g/mol. The summed E-state index contributed by atoms with van der Waals surface area (Å²) in [5, 5.41) is 13.3. The second-order valence-corrected chi connectivity index (χ2v) is 7.35. The summed E-state index contributed by atoms with van der Waals surface area (Å²) in [6, 6.07) is 2.56. The highest BCUT2D eigenvalue weighted by molar-refractivity contribution is 14.1. The zero-order valence-corrected chi connectivity index (χ0v) is 15.4. The van der Waals surface area contributed by atoms with Crippen LogP contribution in [0.15, 0.2) is 12.1 Å². The molecule has 0 aliphatic carbocycles. The Morgan fingerprint density at radius 2 is 1.86 bits per heavy atom.